The molecule has 6 nitrogen and oxygen atoms in total. The Bertz CT molecular complexity index is 285. The second-order valence-electron chi connectivity index (χ2n) is 3.22. The van der Waals surface area contributed by atoms with Gasteiger partial charge in [-0.1, -0.05) is 13.2 Å². The number of rotatable bonds is 9. The Morgan fingerprint density at radius 3 is 2.32 bits per heavy atom. The van der Waals surface area contributed by atoms with Gasteiger partial charge in [0.05, 0.1) is 13.2 Å². The quantitative estimate of drug-likeness (QED) is 0.389. The van der Waals surface area contributed by atoms with Gasteiger partial charge in [-0.3, -0.25) is 0 Å². The molecule has 0 heterocycles. The molecule has 0 rings (SSSR count). The van der Waals surface area contributed by atoms with Crippen LogP contribution in [0.15, 0.2) is 24.8 Å². The maximum absolute atomic E-state index is 10.3. The number of hydrogen-bond acceptors (Lipinski definition) is 5. The number of carboxylic acid groups (broad SMARTS) is 1. The monoisotopic (exact) mass is 274 g/mol. The van der Waals surface area contributed by atoms with Crippen LogP contribution in [0.25, 0.3) is 0 Å². The molecule has 0 unspecified atom stereocenters. The van der Waals surface area contributed by atoms with Gasteiger partial charge in [-0.15, -0.1) is 0 Å². The molecule has 0 saturated heterocycles. The lowest BCUT2D eigenvalue weighted by Gasteiger charge is -1.99. The summed E-state index contributed by atoms with van der Waals surface area (Å²) in [6.07, 6.45) is 1.53. The van der Waals surface area contributed by atoms with Crippen molar-refractivity contribution in [2.24, 2.45) is 0 Å². The third-order valence-corrected chi connectivity index (χ3v) is 1.75. The second kappa shape index (κ2) is 14.4. The molecular formula is C13H22O6. The van der Waals surface area contributed by atoms with Crippen LogP contribution in [-0.2, 0) is 23.8 Å². The maximum atomic E-state index is 10.3. The Balaban J connectivity index is 0. The lowest BCUT2D eigenvalue weighted by molar-refractivity contribution is -0.139. The average Bonchev–Trinajstić information content (AvgIpc) is 2.39. The minimum Gasteiger partial charge on any atom is -0.478 e. The number of methoxy groups -OCH3 is 1. The highest BCUT2D eigenvalue weighted by Crippen LogP contribution is 1.97. The van der Waals surface area contributed by atoms with Gasteiger partial charge < -0.3 is 19.3 Å². The maximum Gasteiger partial charge on any atom is 0.331 e. The Morgan fingerprint density at radius 2 is 1.89 bits per heavy atom. The van der Waals surface area contributed by atoms with Crippen LogP contribution < -0.4 is 0 Å². The number of esters is 1. The molecule has 0 fully saturated rings. The molecule has 0 aliphatic heterocycles. The molecular weight excluding hydrogens is 252 g/mol. The zero-order valence-electron chi connectivity index (χ0n) is 11.5. The average molecular weight is 274 g/mol. The molecule has 0 aromatic rings. The van der Waals surface area contributed by atoms with Crippen LogP contribution in [-0.4, -0.2) is 50.6 Å². The Kier molecular flexibility index (Phi) is 14.9. The minimum atomic E-state index is -0.945. The van der Waals surface area contributed by atoms with Gasteiger partial charge in [0.25, 0.3) is 0 Å². The van der Waals surface area contributed by atoms with Gasteiger partial charge in [0.15, 0.2) is 0 Å². The van der Waals surface area contributed by atoms with Gasteiger partial charge in [0.1, 0.15) is 6.61 Å². The van der Waals surface area contributed by atoms with Crippen molar-refractivity contribution < 1.29 is 28.9 Å². The predicted molar refractivity (Wildman–Crippen MR) is 70.9 cm³/mol. The van der Waals surface area contributed by atoms with Crippen LogP contribution in [0.3, 0.4) is 0 Å². The molecule has 0 aliphatic rings. The smallest absolute Gasteiger partial charge is 0.331 e. The fraction of sp³-hybridized carbons (Fsp3) is 0.538. The Hall–Kier alpha value is -1.66. The van der Waals surface area contributed by atoms with E-state index >= 15 is 0 Å². The van der Waals surface area contributed by atoms with Gasteiger partial charge in [-0.2, -0.15) is 0 Å². The fourth-order valence-corrected chi connectivity index (χ4v) is 0.731. The first-order chi connectivity index (χ1) is 8.99. The number of carbonyl (C=O) groups excluding carboxylic acids is 1. The van der Waals surface area contributed by atoms with Crippen molar-refractivity contribution >= 4 is 11.9 Å². The zero-order valence-corrected chi connectivity index (χ0v) is 11.5. The number of aliphatic carboxylic acids is 1. The van der Waals surface area contributed by atoms with Crippen LogP contribution in [0.1, 0.15) is 13.3 Å². The third kappa shape index (κ3) is 16.3. The first-order valence-corrected chi connectivity index (χ1v) is 5.76. The third-order valence-electron chi connectivity index (χ3n) is 1.75. The summed E-state index contributed by atoms with van der Waals surface area (Å²) in [5.74, 6) is -1.35. The van der Waals surface area contributed by atoms with Gasteiger partial charge in [-0.25, -0.2) is 9.59 Å². The van der Waals surface area contributed by atoms with Gasteiger partial charge in [0.2, 0.25) is 0 Å². The largest absolute Gasteiger partial charge is 0.478 e. The van der Waals surface area contributed by atoms with Gasteiger partial charge in [-0.05, 0) is 6.92 Å². The number of carbonyl (C=O) groups is 2. The molecule has 1 N–H and O–H groups in total. The van der Waals surface area contributed by atoms with Crippen LogP contribution >= 0.6 is 0 Å². The molecule has 0 radical (unpaired) electrons. The first kappa shape index (κ1) is 19.7. The molecule has 0 aromatic heterocycles. The highest BCUT2D eigenvalue weighted by atomic mass is 16.6. The molecule has 6 heteroatoms. The molecule has 0 atom stereocenters. The van der Waals surface area contributed by atoms with Crippen LogP contribution in [0, 0.1) is 0 Å². The predicted octanol–water partition coefficient (Wildman–Crippen LogP) is 1.42. The highest BCUT2D eigenvalue weighted by molar-refractivity contribution is 5.85. The second-order valence-corrected chi connectivity index (χ2v) is 3.22. The first-order valence-electron chi connectivity index (χ1n) is 5.76. The number of ether oxygens (including phenoxy) is 3. The SMILES string of the molecule is C=C(CCOCC)C(=O)O.C=CC(=O)OCCOC. The van der Waals surface area contributed by atoms with E-state index in [1.54, 1.807) is 7.11 Å². The van der Waals surface area contributed by atoms with Gasteiger partial charge in [0, 0.05) is 31.8 Å². The fourth-order valence-electron chi connectivity index (χ4n) is 0.731. The summed E-state index contributed by atoms with van der Waals surface area (Å²) >= 11 is 0. The van der Waals surface area contributed by atoms with E-state index in [0.717, 1.165) is 6.08 Å². The summed E-state index contributed by atoms with van der Waals surface area (Å²) in [6, 6.07) is 0. The molecule has 19 heavy (non-hydrogen) atoms. The summed E-state index contributed by atoms with van der Waals surface area (Å²) in [5.41, 5.74) is 0.202. The van der Waals surface area contributed by atoms with Crippen LogP contribution in [0.4, 0.5) is 0 Å². The van der Waals surface area contributed by atoms with Crippen molar-refractivity contribution in [3.8, 4) is 0 Å². The minimum absolute atomic E-state index is 0.202. The van der Waals surface area contributed by atoms with Crippen molar-refractivity contribution in [3.63, 3.8) is 0 Å². The van der Waals surface area contributed by atoms with E-state index < -0.39 is 11.9 Å². The van der Waals surface area contributed by atoms with E-state index in [4.69, 9.17) is 9.84 Å². The van der Waals surface area contributed by atoms with E-state index in [1.165, 1.54) is 0 Å². The molecule has 0 spiro atoms. The summed E-state index contributed by atoms with van der Waals surface area (Å²) < 4.78 is 14.1. The van der Waals surface area contributed by atoms with Crippen molar-refractivity contribution in [1.82, 2.24) is 0 Å². The number of hydrogen-bond donors (Lipinski definition) is 1. The van der Waals surface area contributed by atoms with Gasteiger partial charge >= 0.3 is 11.9 Å². The summed E-state index contributed by atoms with van der Waals surface area (Å²) in [6.45, 7) is 10.2. The highest BCUT2D eigenvalue weighted by Gasteiger charge is 2.01. The summed E-state index contributed by atoms with van der Waals surface area (Å²) in [5, 5.41) is 8.33. The topological polar surface area (TPSA) is 82.1 Å². The van der Waals surface area contributed by atoms with E-state index in [9.17, 15) is 9.59 Å². The lowest BCUT2D eigenvalue weighted by atomic mass is 10.2. The van der Waals surface area contributed by atoms with E-state index in [-0.39, 0.29) is 5.57 Å². The summed E-state index contributed by atoms with van der Waals surface area (Å²) in [7, 11) is 1.54. The summed E-state index contributed by atoms with van der Waals surface area (Å²) in [4.78, 5) is 20.4. The number of carboxylic acids is 1. The molecule has 0 saturated carbocycles. The van der Waals surface area contributed by atoms with Crippen molar-refractivity contribution in [2.75, 3.05) is 33.5 Å². The standard InChI is InChI=1S/C7H12O3.C6H10O3/c1-3-10-5-4-6(2)7(8)9;1-3-6(7)9-5-4-8-2/h2-5H2,1H3,(H,8,9);3H,1,4-5H2,2H3. The van der Waals surface area contributed by atoms with E-state index in [2.05, 4.69) is 22.6 Å². The molecule has 0 aromatic carbocycles. The van der Waals surface area contributed by atoms with Crippen LogP contribution in [0.2, 0.25) is 0 Å². The van der Waals surface area contributed by atoms with Crippen LogP contribution in [0.5, 0.6) is 0 Å². The lowest BCUT2D eigenvalue weighted by Crippen LogP contribution is -2.06. The van der Waals surface area contributed by atoms with Crippen molar-refractivity contribution in [3.05, 3.63) is 24.8 Å². The Labute approximate surface area is 113 Å². The zero-order chi connectivity index (χ0) is 15.1. The molecule has 0 amide bonds. The molecule has 0 bridgehead atoms. The molecule has 110 valence electrons. The van der Waals surface area contributed by atoms with E-state index in [1.807, 2.05) is 6.92 Å². The van der Waals surface area contributed by atoms with Crippen molar-refractivity contribution in [1.29, 1.82) is 0 Å². The molecule has 0 aliphatic carbocycles. The van der Waals surface area contributed by atoms with Crippen molar-refractivity contribution in [2.45, 2.75) is 13.3 Å². The Morgan fingerprint density at radius 1 is 1.26 bits per heavy atom. The van der Waals surface area contributed by atoms with E-state index in [0.29, 0.717) is 32.8 Å². The normalized spacial score (nSPS) is 8.95.